The highest BCUT2D eigenvalue weighted by Gasteiger charge is 2.10. The number of pyridine rings is 1. The van der Waals surface area contributed by atoms with Crippen LogP contribution in [0.3, 0.4) is 0 Å². The summed E-state index contributed by atoms with van der Waals surface area (Å²) < 4.78 is 0.634. The largest absolute Gasteiger partial charge is 0.274 e. The summed E-state index contributed by atoms with van der Waals surface area (Å²) in [7, 11) is 0. The van der Waals surface area contributed by atoms with Crippen LogP contribution in [0.4, 0.5) is 0 Å². The van der Waals surface area contributed by atoms with E-state index < -0.39 is 5.24 Å². The van der Waals surface area contributed by atoms with Crippen molar-refractivity contribution in [2.45, 2.75) is 13.8 Å². The Morgan fingerprint density at radius 2 is 2.17 bits per heavy atom. The lowest BCUT2D eigenvalue weighted by molar-refractivity contribution is 0.107. The molecular formula is C8H7BrClNO. The summed E-state index contributed by atoms with van der Waals surface area (Å²) in [5.41, 5.74) is 2.16. The van der Waals surface area contributed by atoms with Crippen LogP contribution in [0, 0.1) is 13.8 Å². The summed E-state index contributed by atoms with van der Waals surface area (Å²) in [6.45, 7) is 3.73. The van der Waals surface area contributed by atoms with E-state index in [9.17, 15) is 4.79 Å². The molecule has 0 aliphatic carbocycles. The van der Waals surface area contributed by atoms with Crippen molar-refractivity contribution in [3.63, 3.8) is 0 Å². The van der Waals surface area contributed by atoms with Crippen LogP contribution in [0.5, 0.6) is 0 Å². The van der Waals surface area contributed by atoms with E-state index in [1.54, 1.807) is 0 Å². The van der Waals surface area contributed by atoms with Gasteiger partial charge in [0.1, 0.15) is 10.3 Å². The minimum atomic E-state index is -0.517. The summed E-state index contributed by atoms with van der Waals surface area (Å²) in [5, 5.41) is -0.517. The summed E-state index contributed by atoms with van der Waals surface area (Å²) >= 11 is 8.52. The van der Waals surface area contributed by atoms with E-state index in [1.165, 1.54) is 0 Å². The Morgan fingerprint density at radius 3 is 2.67 bits per heavy atom. The second-order valence-electron chi connectivity index (χ2n) is 2.51. The highest BCUT2D eigenvalue weighted by Crippen LogP contribution is 2.17. The smallest absolute Gasteiger partial charge is 0.271 e. The van der Waals surface area contributed by atoms with Crippen LogP contribution >= 0.6 is 27.5 Å². The van der Waals surface area contributed by atoms with Crippen LogP contribution < -0.4 is 0 Å². The van der Waals surface area contributed by atoms with Crippen molar-refractivity contribution in [1.29, 1.82) is 0 Å². The zero-order chi connectivity index (χ0) is 9.30. The maximum atomic E-state index is 10.9. The van der Waals surface area contributed by atoms with Crippen molar-refractivity contribution < 1.29 is 4.79 Å². The van der Waals surface area contributed by atoms with E-state index in [0.29, 0.717) is 10.3 Å². The number of carbonyl (C=O) groups is 1. The SMILES string of the molecule is Cc1cc(Br)nc(C(=O)Cl)c1C. The number of hydrogen-bond donors (Lipinski definition) is 0. The molecule has 0 bridgehead atoms. The lowest BCUT2D eigenvalue weighted by Gasteiger charge is -2.03. The summed E-state index contributed by atoms with van der Waals surface area (Å²) in [5.74, 6) is 0. The van der Waals surface area contributed by atoms with Crippen molar-refractivity contribution in [2.75, 3.05) is 0 Å². The second-order valence-corrected chi connectivity index (χ2v) is 3.66. The van der Waals surface area contributed by atoms with Gasteiger partial charge in [-0.05, 0) is 58.6 Å². The highest BCUT2D eigenvalue weighted by molar-refractivity contribution is 9.10. The normalized spacial score (nSPS) is 10.0. The molecule has 0 radical (unpaired) electrons. The zero-order valence-electron chi connectivity index (χ0n) is 6.69. The minimum absolute atomic E-state index is 0.323. The third-order valence-corrected chi connectivity index (χ3v) is 2.27. The minimum Gasteiger partial charge on any atom is -0.274 e. The number of aryl methyl sites for hydroxylation is 1. The van der Waals surface area contributed by atoms with Gasteiger partial charge < -0.3 is 0 Å². The lowest BCUT2D eigenvalue weighted by atomic mass is 10.1. The molecule has 0 spiro atoms. The molecule has 1 rings (SSSR count). The van der Waals surface area contributed by atoms with E-state index in [1.807, 2.05) is 19.9 Å². The van der Waals surface area contributed by atoms with Gasteiger partial charge in [0.05, 0.1) is 0 Å². The quantitative estimate of drug-likeness (QED) is 0.565. The first-order valence-corrected chi connectivity index (χ1v) is 4.53. The molecule has 0 fully saturated rings. The maximum Gasteiger partial charge on any atom is 0.271 e. The van der Waals surface area contributed by atoms with Gasteiger partial charge >= 0.3 is 0 Å². The van der Waals surface area contributed by atoms with E-state index in [4.69, 9.17) is 11.6 Å². The Bertz CT molecular complexity index is 338. The van der Waals surface area contributed by atoms with Gasteiger partial charge in [-0.2, -0.15) is 0 Å². The fraction of sp³-hybridized carbons (Fsp3) is 0.250. The highest BCUT2D eigenvalue weighted by atomic mass is 79.9. The van der Waals surface area contributed by atoms with E-state index in [0.717, 1.165) is 11.1 Å². The second kappa shape index (κ2) is 3.54. The lowest BCUT2D eigenvalue weighted by Crippen LogP contribution is -2.00. The first kappa shape index (κ1) is 9.68. The molecule has 0 aromatic carbocycles. The number of aromatic nitrogens is 1. The molecule has 1 heterocycles. The van der Waals surface area contributed by atoms with Gasteiger partial charge in [-0.15, -0.1) is 0 Å². The molecule has 0 aliphatic heterocycles. The number of rotatable bonds is 1. The Hall–Kier alpha value is -0.410. The van der Waals surface area contributed by atoms with E-state index in [2.05, 4.69) is 20.9 Å². The Balaban J connectivity index is 3.37. The molecule has 64 valence electrons. The van der Waals surface area contributed by atoms with Gasteiger partial charge in [-0.25, -0.2) is 4.98 Å². The summed E-state index contributed by atoms with van der Waals surface area (Å²) in [6.07, 6.45) is 0. The van der Waals surface area contributed by atoms with Crippen molar-refractivity contribution >= 4 is 32.8 Å². The predicted molar refractivity (Wildman–Crippen MR) is 51.6 cm³/mol. The molecule has 0 saturated heterocycles. The summed E-state index contributed by atoms with van der Waals surface area (Å²) in [4.78, 5) is 14.8. The Labute approximate surface area is 84.1 Å². The van der Waals surface area contributed by atoms with Crippen LogP contribution in [0.1, 0.15) is 21.6 Å². The number of hydrogen-bond acceptors (Lipinski definition) is 2. The molecule has 12 heavy (non-hydrogen) atoms. The average Bonchev–Trinajstić information content (AvgIpc) is 1.96. The number of nitrogens with zero attached hydrogens (tertiary/aromatic N) is 1. The van der Waals surface area contributed by atoms with Gasteiger partial charge in [0, 0.05) is 0 Å². The Morgan fingerprint density at radius 1 is 1.58 bits per heavy atom. The Kier molecular flexibility index (Phi) is 2.85. The van der Waals surface area contributed by atoms with Crippen LogP contribution in [0.2, 0.25) is 0 Å². The molecule has 0 aliphatic rings. The summed E-state index contributed by atoms with van der Waals surface area (Å²) in [6, 6.07) is 1.85. The molecule has 0 unspecified atom stereocenters. The molecule has 2 nitrogen and oxygen atoms in total. The first-order chi connectivity index (χ1) is 5.52. The molecular weight excluding hydrogens is 241 g/mol. The number of carbonyl (C=O) groups excluding carboxylic acids is 1. The monoisotopic (exact) mass is 247 g/mol. The molecule has 4 heteroatoms. The van der Waals surface area contributed by atoms with E-state index in [-0.39, 0.29) is 0 Å². The van der Waals surface area contributed by atoms with Crippen LogP contribution in [-0.4, -0.2) is 10.2 Å². The molecule has 1 aromatic heterocycles. The topological polar surface area (TPSA) is 30.0 Å². The fourth-order valence-electron chi connectivity index (χ4n) is 0.888. The van der Waals surface area contributed by atoms with Crippen molar-refractivity contribution in [3.8, 4) is 0 Å². The molecule has 0 amide bonds. The maximum absolute atomic E-state index is 10.9. The fourth-order valence-corrected chi connectivity index (χ4v) is 1.59. The molecule has 0 atom stereocenters. The van der Waals surface area contributed by atoms with Crippen molar-refractivity contribution in [1.82, 2.24) is 4.98 Å². The molecule has 1 aromatic rings. The van der Waals surface area contributed by atoms with Gasteiger partial charge in [0.15, 0.2) is 0 Å². The molecule has 0 saturated carbocycles. The van der Waals surface area contributed by atoms with Gasteiger partial charge in [-0.1, -0.05) is 0 Å². The third-order valence-electron chi connectivity index (χ3n) is 1.69. The van der Waals surface area contributed by atoms with Crippen LogP contribution in [0.25, 0.3) is 0 Å². The van der Waals surface area contributed by atoms with Gasteiger partial charge in [-0.3, -0.25) is 4.79 Å². The first-order valence-electron chi connectivity index (χ1n) is 3.36. The van der Waals surface area contributed by atoms with E-state index >= 15 is 0 Å². The predicted octanol–water partition coefficient (Wildman–Crippen LogP) is 2.84. The zero-order valence-corrected chi connectivity index (χ0v) is 9.03. The number of halogens is 2. The van der Waals surface area contributed by atoms with Gasteiger partial charge in [0.2, 0.25) is 0 Å². The van der Waals surface area contributed by atoms with Crippen LogP contribution in [-0.2, 0) is 0 Å². The molecule has 0 N–H and O–H groups in total. The standard InChI is InChI=1S/C8H7BrClNO/c1-4-3-6(9)11-7(5(4)2)8(10)12/h3H,1-2H3. The average molecular weight is 249 g/mol. The van der Waals surface area contributed by atoms with Crippen LogP contribution in [0.15, 0.2) is 10.7 Å². The van der Waals surface area contributed by atoms with Crippen molar-refractivity contribution in [3.05, 3.63) is 27.5 Å². The van der Waals surface area contributed by atoms with Crippen molar-refractivity contribution in [2.24, 2.45) is 0 Å². The van der Waals surface area contributed by atoms with Gasteiger partial charge in [0.25, 0.3) is 5.24 Å². The third kappa shape index (κ3) is 1.84.